The first kappa shape index (κ1) is 22.1. The summed E-state index contributed by atoms with van der Waals surface area (Å²) in [4.78, 5) is 19.0. The minimum Gasteiger partial charge on any atom is -0.497 e. The number of ether oxygens (including phenoxy) is 1. The van der Waals surface area contributed by atoms with E-state index in [1.54, 1.807) is 18.4 Å². The maximum atomic E-state index is 13.8. The molecule has 1 amide bonds. The molecule has 4 rings (SSSR count). The van der Waals surface area contributed by atoms with Gasteiger partial charge in [-0.1, -0.05) is 42.5 Å². The number of amides is 1. The predicted octanol–water partition coefficient (Wildman–Crippen LogP) is 4.96. The SMILES string of the molecule is COc1ccc(Cn2c(C(=O)N(CCN(C)C)Cc3ccccc3)cc3ccsc32)cc1. The lowest BCUT2D eigenvalue weighted by molar-refractivity contribution is 0.0722. The smallest absolute Gasteiger partial charge is 0.270 e. The van der Waals surface area contributed by atoms with Gasteiger partial charge in [0.05, 0.1) is 7.11 Å². The third-order valence-corrected chi connectivity index (χ3v) is 6.49. The van der Waals surface area contributed by atoms with Gasteiger partial charge in [0.2, 0.25) is 0 Å². The molecule has 5 nitrogen and oxygen atoms in total. The summed E-state index contributed by atoms with van der Waals surface area (Å²) in [6.07, 6.45) is 0. The second kappa shape index (κ2) is 10.0. The fourth-order valence-electron chi connectivity index (χ4n) is 3.76. The predicted molar refractivity (Wildman–Crippen MR) is 132 cm³/mol. The van der Waals surface area contributed by atoms with Crippen molar-refractivity contribution in [2.75, 3.05) is 34.3 Å². The Morgan fingerprint density at radius 3 is 2.41 bits per heavy atom. The highest BCUT2D eigenvalue weighted by Crippen LogP contribution is 2.28. The average molecular weight is 448 g/mol. The summed E-state index contributed by atoms with van der Waals surface area (Å²) in [7, 11) is 5.74. The van der Waals surface area contributed by atoms with Crippen LogP contribution in [0.1, 0.15) is 21.6 Å². The molecule has 32 heavy (non-hydrogen) atoms. The molecular weight excluding hydrogens is 418 g/mol. The number of hydrogen-bond donors (Lipinski definition) is 0. The minimum absolute atomic E-state index is 0.0626. The number of thiophene rings is 1. The van der Waals surface area contributed by atoms with Crippen LogP contribution in [-0.2, 0) is 13.1 Å². The number of aromatic nitrogens is 1. The van der Waals surface area contributed by atoms with Crippen molar-refractivity contribution in [2.45, 2.75) is 13.1 Å². The van der Waals surface area contributed by atoms with Gasteiger partial charge in [-0.25, -0.2) is 0 Å². The van der Waals surface area contributed by atoms with Crippen molar-refractivity contribution in [3.05, 3.63) is 88.9 Å². The van der Waals surface area contributed by atoms with Crippen molar-refractivity contribution in [2.24, 2.45) is 0 Å². The molecule has 0 bridgehead atoms. The fourth-order valence-corrected chi connectivity index (χ4v) is 4.66. The lowest BCUT2D eigenvalue weighted by Crippen LogP contribution is -2.37. The number of fused-ring (bicyclic) bond motifs is 1. The Kier molecular flexibility index (Phi) is 6.93. The molecule has 2 aromatic carbocycles. The number of likely N-dealkylation sites (N-methyl/N-ethyl adjacent to an activating group) is 1. The highest BCUT2D eigenvalue weighted by Gasteiger charge is 2.22. The van der Waals surface area contributed by atoms with Crippen LogP contribution in [0.2, 0.25) is 0 Å². The van der Waals surface area contributed by atoms with Crippen molar-refractivity contribution in [1.29, 1.82) is 0 Å². The van der Waals surface area contributed by atoms with Crippen LogP contribution in [0, 0.1) is 0 Å². The second-order valence-corrected chi connectivity index (χ2v) is 9.06. The average Bonchev–Trinajstić information content (AvgIpc) is 3.40. The van der Waals surface area contributed by atoms with Crippen LogP contribution in [0.5, 0.6) is 5.75 Å². The van der Waals surface area contributed by atoms with Gasteiger partial charge in [-0.05, 0) is 54.9 Å². The summed E-state index contributed by atoms with van der Waals surface area (Å²) in [6.45, 7) is 2.71. The lowest BCUT2D eigenvalue weighted by atomic mass is 10.2. The maximum absolute atomic E-state index is 13.8. The van der Waals surface area contributed by atoms with Gasteiger partial charge >= 0.3 is 0 Å². The summed E-state index contributed by atoms with van der Waals surface area (Å²) in [5, 5.41) is 3.19. The number of methoxy groups -OCH3 is 1. The molecule has 0 spiro atoms. The van der Waals surface area contributed by atoms with Gasteiger partial charge in [0, 0.05) is 31.6 Å². The number of rotatable bonds is 9. The number of hydrogen-bond acceptors (Lipinski definition) is 4. The molecule has 4 aromatic rings. The highest BCUT2D eigenvalue weighted by atomic mass is 32.1. The lowest BCUT2D eigenvalue weighted by Gasteiger charge is -2.25. The number of benzene rings is 2. The summed E-state index contributed by atoms with van der Waals surface area (Å²) >= 11 is 1.67. The summed E-state index contributed by atoms with van der Waals surface area (Å²) in [5.74, 6) is 0.893. The third-order valence-electron chi connectivity index (χ3n) is 5.54. The minimum atomic E-state index is 0.0626. The fraction of sp³-hybridized carbons (Fsp3) is 0.269. The maximum Gasteiger partial charge on any atom is 0.270 e. The zero-order chi connectivity index (χ0) is 22.5. The van der Waals surface area contributed by atoms with Gasteiger partial charge < -0.3 is 19.1 Å². The van der Waals surface area contributed by atoms with E-state index in [4.69, 9.17) is 4.74 Å². The van der Waals surface area contributed by atoms with Crippen molar-refractivity contribution >= 4 is 27.5 Å². The standard InChI is InChI=1S/C26H29N3O2S/c1-27(2)14-15-28(18-20-7-5-4-6-8-20)25(30)24-17-22-13-16-32-26(22)29(24)19-21-9-11-23(31-3)12-10-21/h4-13,16-17H,14-15,18-19H2,1-3H3. The zero-order valence-corrected chi connectivity index (χ0v) is 19.6. The molecule has 0 N–H and O–H groups in total. The Morgan fingerprint density at radius 2 is 1.72 bits per heavy atom. The van der Waals surface area contributed by atoms with Crippen LogP contribution in [0.25, 0.3) is 10.2 Å². The second-order valence-electron chi connectivity index (χ2n) is 8.16. The van der Waals surface area contributed by atoms with Crippen LogP contribution < -0.4 is 4.74 Å². The van der Waals surface area contributed by atoms with E-state index in [1.807, 2.05) is 55.4 Å². The normalized spacial score (nSPS) is 11.2. The van der Waals surface area contributed by atoms with Gasteiger partial charge in [-0.2, -0.15) is 0 Å². The molecule has 166 valence electrons. The Bertz CT molecular complexity index is 1160. The summed E-state index contributed by atoms with van der Waals surface area (Å²) < 4.78 is 7.44. The van der Waals surface area contributed by atoms with Crippen molar-refractivity contribution < 1.29 is 9.53 Å². The van der Waals surface area contributed by atoms with Crippen LogP contribution in [0.4, 0.5) is 0 Å². The first-order chi connectivity index (χ1) is 15.5. The topological polar surface area (TPSA) is 37.7 Å². The zero-order valence-electron chi connectivity index (χ0n) is 18.8. The number of carbonyl (C=O) groups is 1. The number of nitrogens with zero attached hydrogens (tertiary/aromatic N) is 3. The largest absolute Gasteiger partial charge is 0.497 e. The van der Waals surface area contributed by atoms with E-state index in [1.165, 1.54) is 0 Å². The van der Waals surface area contributed by atoms with E-state index in [0.717, 1.165) is 39.3 Å². The van der Waals surface area contributed by atoms with Crippen LogP contribution in [-0.4, -0.2) is 54.6 Å². The molecule has 2 heterocycles. The van der Waals surface area contributed by atoms with E-state index >= 15 is 0 Å². The van der Waals surface area contributed by atoms with Gasteiger partial charge in [-0.3, -0.25) is 4.79 Å². The molecule has 6 heteroatoms. The molecule has 0 aliphatic rings. The molecule has 0 aliphatic heterocycles. The van der Waals surface area contributed by atoms with E-state index in [9.17, 15) is 4.79 Å². The van der Waals surface area contributed by atoms with Gasteiger partial charge in [0.25, 0.3) is 5.91 Å². The third kappa shape index (κ3) is 5.03. The van der Waals surface area contributed by atoms with Gasteiger partial charge in [-0.15, -0.1) is 11.3 Å². The number of carbonyl (C=O) groups excluding carboxylic acids is 1. The van der Waals surface area contributed by atoms with E-state index < -0.39 is 0 Å². The van der Waals surface area contributed by atoms with E-state index in [0.29, 0.717) is 19.6 Å². The van der Waals surface area contributed by atoms with Crippen LogP contribution in [0.3, 0.4) is 0 Å². The molecule has 0 radical (unpaired) electrons. The highest BCUT2D eigenvalue weighted by molar-refractivity contribution is 7.16. The van der Waals surface area contributed by atoms with Crippen molar-refractivity contribution in [3.8, 4) is 5.75 Å². The Labute approximate surface area is 193 Å². The van der Waals surface area contributed by atoms with E-state index in [2.05, 4.69) is 45.2 Å². The quantitative estimate of drug-likeness (QED) is 0.364. The Balaban J connectivity index is 1.66. The molecule has 0 atom stereocenters. The molecule has 2 aromatic heterocycles. The van der Waals surface area contributed by atoms with Crippen LogP contribution >= 0.6 is 11.3 Å². The molecule has 0 saturated carbocycles. The molecule has 0 unspecified atom stereocenters. The Morgan fingerprint density at radius 1 is 0.969 bits per heavy atom. The van der Waals surface area contributed by atoms with Crippen molar-refractivity contribution in [1.82, 2.24) is 14.4 Å². The first-order valence-electron chi connectivity index (χ1n) is 10.7. The molecule has 0 fully saturated rings. The molecule has 0 aliphatic carbocycles. The van der Waals surface area contributed by atoms with Crippen LogP contribution in [0.15, 0.2) is 72.1 Å². The first-order valence-corrected chi connectivity index (χ1v) is 11.6. The summed E-state index contributed by atoms with van der Waals surface area (Å²) in [6, 6.07) is 22.3. The Hall–Kier alpha value is -3.09. The van der Waals surface area contributed by atoms with Gasteiger partial charge in [0.15, 0.2) is 0 Å². The summed E-state index contributed by atoms with van der Waals surface area (Å²) in [5.41, 5.74) is 3.00. The molecule has 0 saturated heterocycles. The monoisotopic (exact) mass is 447 g/mol. The molecular formula is C26H29N3O2S. The van der Waals surface area contributed by atoms with Crippen molar-refractivity contribution in [3.63, 3.8) is 0 Å². The van der Waals surface area contributed by atoms with Gasteiger partial charge in [0.1, 0.15) is 16.3 Å². The van der Waals surface area contributed by atoms with E-state index in [-0.39, 0.29) is 5.91 Å².